The smallest absolute Gasteiger partial charge is 0.0116 e. The second kappa shape index (κ2) is 6.53. The summed E-state index contributed by atoms with van der Waals surface area (Å²) in [6.45, 7) is 13.3. The average molecular weight is 179 g/mol. The molecule has 0 aliphatic heterocycles. The van der Waals surface area contributed by atoms with Gasteiger partial charge in [-0.25, -0.2) is 0 Å². The van der Waals surface area contributed by atoms with Crippen molar-refractivity contribution in [2.24, 2.45) is 0 Å². The Morgan fingerprint density at radius 1 is 1.31 bits per heavy atom. The van der Waals surface area contributed by atoms with Crippen molar-refractivity contribution in [1.82, 2.24) is 5.32 Å². The molecule has 0 fully saturated rings. The molecule has 0 rings (SSSR count). The topological polar surface area (TPSA) is 12.0 Å². The van der Waals surface area contributed by atoms with E-state index in [9.17, 15) is 0 Å². The summed E-state index contributed by atoms with van der Waals surface area (Å²) < 4.78 is 0. The molecule has 0 atom stereocenters. The van der Waals surface area contributed by atoms with Gasteiger partial charge in [-0.1, -0.05) is 24.3 Å². The first kappa shape index (κ1) is 12.0. The molecule has 1 N–H and O–H groups in total. The summed E-state index contributed by atoms with van der Waals surface area (Å²) in [4.78, 5) is 0. The highest BCUT2D eigenvalue weighted by molar-refractivity contribution is 5.29. The first-order valence-electron chi connectivity index (χ1n) is 4.85. The van der Waals surface area contributed by atoms with E-state index in [-0.39, 0.29) is 0 Å². The van der Waals surface area contributed by atoms with Crippen LogP contribution in [0.3, 0.4) is 0 Å². The molecule has 74 valence electrons. The minimum Gasteiger partial charge on any atom is -0.389 e. The molecule has 0 heterocycles. The maximum absolute atomic E-state index is 4.05. The molecule has 0 aliphatic rings. The number of nitrogens with one attached hydrogen (secondary N) is 1. The molecule has 0 amide bonds. The first-order chi connectivity index (χ1) is 6.15. The third-order valence-electron chi connectivity index (χ3n) is 2.15. The van der Waals surface area contributed by atoms with Gasteiger partial charge < -0.3 is 5.32 Å². The minimum absolute atomic E-state index is 0.931. The van der Waals surface area contributed by atoms with Crippen molar-refractivity contribution in [1.29, 1.82) is 0 Å². The molecule has 13 heavy (non-hydrogen) atoms. The van der Waals surface area contributed by atoms with E-state index in [2.05, 4.69) is 44.8 Å². The lowest BCUT2D eigenvalue weighted by atomic mass is 10.0. The lowest BCUT2D eigenvalue weighted by Gasteiger charge is -2.10. The molecule has 0 spiro atoms. The zero-order valence-electron chi connectivity index (χ0n) is 9.28. The Morgan fingerprint density at radius 2 is 1.92 bits per heavy atom. The normalized spacial score (nSPS) is 12.9. The van der Waals surface area contributed by atoms with E-state index < -0.39 is 0 Å². The van der Waals surface area contributed by atoms with Crippen LogP contribution in [0.15, 0.2) is 35.6 Å². The van der Waals surface area contributed by atoms with Crippen LogP contribution >= 0.6 is 0 Å². The van der Waals surface area contributed by atoms with E-state index >= 15 is 0 Å². The van der Waals surface area contributed by atoms with E-state index in [1.54, 1.807) is 0 Å². The summed E-state index contributed by atoms with van der Waals surface area (Å²) in [6, 6.07) is 0. The molecule has 0 aromatic rings. The Morgan fingerprint density at radius 3 is 2.31 bits per heavy atom. The van der Waals surface area contributed by atoms with Crippen LogP contribution in [0.1, 0.15) is 34.1 Å². The Kier molecular flexibility index (Phi) is 6.03. The van der Waals surface area contributed by atoms with E-state index in [0.29, 0.717) is 0 Å². The van der Waals surface area contributed by atoms with E-state index in [4.69, 9.17) is 0 Å². The van der Waals surface area contributed by atoms with Gasteiger partial charge in [-0.15, -0.1) is 0 Å². The molecular weight excluding hydrogens is 158 g/mol. The number of hydrogen-bond donors (Lipinski definition) is 1. The van der Waals surface area contributed by atoms with Crippen molar-refractivity contribution in [2.45, 2.75) is 34.1 Å². The van der Waals surface area contributed by atoms with Gasteiger partial charge >= 0.3 is 0 Å². The fourth-order valence-corrected chi connectivity index (χ4v) is 1.07. The van der Waals surface area contributed by atoms with Gasteiger partial charge in [-0.2, -0.15) is 0 Å². The number of allylic oxidation sites excluding steroid dienone is 4. The molecule has 0 aromatic heterocycles. The fraction of sp³-hybridized carbons (Fsp3) is 0.500. The van der Waals surface area contributed by atoms with Crippen molar-refractivity contribution in [3.8, 4) is 0 Å². The standard InChI is InChI=1S/C12H21N/c1-6-10(4)11(5)9-12(7-2)13-8-3/h6-7,13H,5,8-9H2,1-4H3/b10-6+,12-7+. The molecule has 0 saturated heterocycles. The molecule has 1 nitrogen and oxygen atoms in total. The van der Waals surface area contributed by atoms with Gasteiger partial charge in [-0.05, 0) is 33.3 Å². The summed E-state index contributed by atoms with van der Waals surface area (Å²) in [5.74, 6) is 0. The van der Waals surface area contributed by atoms with Crippen LogP contribution in [0, 0.1) is 0 Å². The third kappa shape index (κ3) is 4.56. The van der Waals surface area contributed by atoms with Crippen molar-refractivity contribution in [2.75, 3.05) is 6.54 Å². The molecule has 0 radical (unpaired) electrons. The quantitative estimate of drug-likeness (QED) is 0.638. The Balaban J connectivity index is 4.18. The Labute approximate surface area is 82.2 Å². The summed E-state index contributed by atoms with van der Waals surface area (Å²) in [5.41, 5.74) is 3.72. The maximum Gasteiger partial charge on any atom is 0.0116 e. The molecule has 0 aliphatic carbocycles. The van der Waals surface area contributed by atoms with Crippen molar-refractivity contribution >= 4 is 0 Å². The van der Waals surface area contributed by atoms with Crippen LogP contribution in [-0.2, 0) is 0 Å². The van der Waals surface area contributed by atoms with Gasteiger partial charge in [0.1, 0.15) is 0 Å². The van der Waals surface area contributed by atoms with Gasteiger partial charge in [0, 0.05) is 18.7 Å². The lowest BCUT2D eigenvalue weighted by Crippen LogP contribution is -2.12. The van der Waals surface area contributed by atoms with Gasteiger partial charge in [0.25, 0.3) is 0 Å². The molecule has 0 unspecified atom stereocenters. The second-order valence-corrected chi connectivity index (χ2v) is 3.10. The molecular formula is C12H21N. The predicted molar refractivity (Wildman–Crippen MR) is 60.6 cm³/mol. The third-order valence-corrected chi connectivity index (χ3v) is 2.15. The van der Waals surface area contributed by atoms with Gasteiger partial charge in [0.05, 0.1) is 0 Å². The Bertz CT molecular complexity index is 221. The molecule has 1 heteroatoms. The van der Waals surface area contributed by atoms with Crippen LogP contribution in [0.25, 0.3) is 0 Å². The van der Waals surface area contributed by atoms with Crippen molar-refractivity contribution < 1.29 is 0 Å². The maximum atomic E-state index is 4.05. The lowest BCUT2D eigenvalue weighted by molar-refractivity contribution is 0.814. The van der Waals surface area contributed by atoms with E-state index in [0.717, 1.165) is 13.0 Å². The molecule has 0 saturated carbocycles. The highest BCUT2D eigenvalue weighted by Gasteiger charge is 1.99. The minimum atomic E-state index is 0.931. The Hall–Kier alpha value is -0.980. The van der Waals surface area contributed by atoms with Gasteiger partial charge in [-0.3, -0.25) is 0 Å². The molecule has 0 aromatic carbocycles. The van der Waals surface area contributed by atoms with Crippen LogP contribution < -0.4 is 5.32 Å². The largest absolute Gasteiger partial charge is 0.389 e. The van der Waals surface area contributed by atoms with Gasteiger partial charge in [0.2, 0.25) is 0 Å². The SMILES string of the molecule is C=C(C/C(=C\C)NCC)/C(C)=C/C. The molecule has 0 bridgehead atoms. The van der Waals surface area contributed by atoms with Crippen LogP contribution in [0.5, 0.6) is 0 Å². The van der Waals surface area contributed by atoms with Crippen molar-refractivity contribution in [3.63, 3.8) is 0 Å². The zero-order valence-corrected chi connectivity index (χ0v) is 9.28. The highest BCUT2D eigenvalue weighted by Crippen LogP contribution is 2.14. The van der Waals surface area contributed by atoms with E-state index in [1.807, 2.05) is 6.92 Å². The number of rotatable bonds is 5. The number of hydrogen-bond acceptors (Lipinski definition) is 1. The second-order valence-electron chi connectivity index (χ2n) is 3.10. The predicted octanol–water partition coefficient (Wildman–Crippen LogP) is 3.41. The van der Waals surface area contributed by atoms with E-state index in [1.165, 1.54) is 16.8 Å². The summed E-state index contributed by atoms with van der Waals surface area (Å²) in [7, 11) is 0. The first-order valence-corrected chi connectivity index (χ1v) is 4.85. The summed E-state index contributed by atoms with van der Waals surface area (Å²) >= 11 is 0. The summed E-state index contributed by atoms with van der Waals surface area (Å²) in [6.07, 6.45) is 5.14. The van der Waals surface area contributed by atoms with Crippen LogP contribution in [0.4, 0.5) is 0 Å². The summed E-state index contributed by atoms with van der Waals surface area (Å²) in [5, 5.41) is 3.32. The monoisotopic (exact) mass is 179 g/mol. The zero-order chi connectivity index (χ0) is 10.3. The highest BCUT2D eigenvalue weighted by atomic mass is 14.9. The van der Waals surface area contributed by atoms with Crippen LogP contribution in [0.2, 0.25) is 0 Å². The fourth-order valence-electron chi connectivity index (χ4n) is 1.07. The van der Waals surface area contributed by atoms with Crippen LogP contribution in [-0.4, -0.2) is 6.54 Å². The van der Waals surface area contributed by atoms with Crippen molar-refractivity contribution in [3.05, 3.63) is 35.6 Å². The van der Waals surface area contributed by atoms with Gasteiger partial charge in [0.15, 0.2) is 0 Å². The average Bonchev–Trinajstić information content (AvgIpc) is 2.15.